The van der Waals surface area contributed by atoms with E-state index in [1.54, 1.807) is 6.07 Å². The van der Waals surface area contributed by atoms with Gasteiger partial charge in [-0.1, -0.05) is 0 Å². The number of rotatable bonds is 7. The Morgan fingerprint density at radius 1 is 1.31 bits per heavy atom. The third-order valence-electron chi connectivity index (χ3n) is 5.25. The Kier molecular flexibility index (Phi) is 5.85. The maximum Gasteiger partial charge on any atom is 0.388 e. The first-order valence-corrected chi connectivity index (χ1v) is 8.66. The molecule has 1 aromatic heterocycles. The van der Waals surface area contributed by atoms with Gasteiger partial charge >= 0.3 is 12.6 Å². The molecule has 2 bridgehead atoms. The van der Waals surface area contributed by atoms with E-state index in [0.717, 1.165) is 12.8 Å². The van der Waals surface area contributed by atoms with E-state index in [1.165, 1.54) is 12.3 Å². The molecule has 0 saturated heterocycles. The molecule has 2 amide bonds. The van der Waals surface area contributed by atoms with E-state index in [9.17, 15) is 23.1 Å². The second kappa shape index (κ2) is 8.11. The molecular weight excluding hydrogens is 351 g/mol. The summed E-state index contributed by atoms with van der Waals surface area (Å²) in [7, 11) is 0. The fraction of sp³-hybridized carbons (Fsp3) is 0.647. The Morgan fingerprint density at radius 2 is 2.08 bits per heavy atom. The van der Waals surface area contributed by atoms with Crippen LogP contribution < -0.4 is 15.4 Å². The second-order valence-corrected chi connectivity index (χ2v) is 6.92. The van der Waals surface area contributed by atoms with E-state index in [4.69, 9.17) is 0 Å². The van der Waals surface area contributed by atoms with Gasteiger partial charge in [0.05, 0.1) is 6.10 Å². The van der Waals surface area contributed by atoms with Gasteiger partial charge in [0, 0.05) is 25.4 Å². The van der Waals surface area contributed by atoms with Gasteiger partial charge in [0.2, 0.25) is 5.88 Å². The van der Waals surface area contributed by atoms with E-state index in [1.807, 2.05) is 0 Å². The molecular formula is C17H22F3N3O3. The normalized spacial score (nSPS) is 28.2. The van der Waals surface area contributed by atoms with Crippen molar-refractivity contribution in [3.05, 3.63) is 23.9 Å². The number of aromatic nitrogens is 1. The molecule has 3 saturated carbocycles. The van der Waals surface area contributed by atoms with Gasteiger partial charge in [-0.15, -0.1) is 0 Å². The number of urea groups is 1. The van der Waals surface area contributed by atoms with Crippen LogP contribution in [0.2, 0.25) is 0 Å². The van der Waals surface area contributed by atoms with Gasteiger partial charge in [0.25, 0.3) is 0 Å². The summed E-state index contributed by atoms with van der Waals surface area (Å²) in [6.45, 7) is -2.84. The molecule has 26 heavy (non-hydrogen) atoms. The van der Waals surface area contributed by atoms with Gasteiger partial charge in [-0.2, -0.15) is 8.78 Å². The average Bonchev–Trinajstić information content (AvgIpc) is 2.56. The van der Waals surface area contributed by atoms with Crippen LogP contribution in [-0.4, -0.2) is 41.6 Å². The number of hydrogen-bond donors (Lipinski definition) is 3. The Hall–Kier alpha value is -2.03. The maximum absolute atomic E-state index is 13.8. The largest absolute Gasteiger partial charge is 0.417 e. The highest BCUT2D eigenvalue weighted by Gasteiger charge is 2.48. The summed E-state index contributed by atoms with van der Waals surface area (Å²) in [6.07, 6.45) is 1.66. The molecule has 6 nitrogen and oxygen atoms in total. The molecule has 4 rings (SSSR count). The minimum atomic E-state index is -2.97. The van der Waals surface area contributed by atoms with E-state index in [-0.39, 0.29) is 30.8 Å². The number of carbonyl (C=O) groups is 1. The fourth-order valence-electron chi connectivity index (χ4n) is 3.78. The zero-order valence-electron chi connectivity index (χ0n) is 14.1. The minimum absolute atomic E-state index is 0.0421. The van der Waals surface area contributed by atoms with Gasteiger partial charge in [-0.05, 0) is 48.6 Å². The first kappa shape index (κ1) is 18.8. The van der Waals surface area contributed by atoms with Gasteiger partial charge in [0.1, 0.15) is 6.17 Å². The molecule has 0 spiro atoms. The summed E-state index contributed by atoms with van der Waals surface area (Å²) in [5.41, 5.74) is 0.541. The highest BCUT2D eigenvalue weighted by Crippen LogP contribution is 2.51. The zero-order chi connectivity index (χ0) is 18.7. The van der Waals surface area contributed by atoms with Crippen LogP contribution in [0.25, 0.3) is 0 Å². The van der Waals surface area contributed by atoms with Crippen molar-refractivity contribution in [3.63, 3.8) is 0 Å². The third kappa shape index (κ3) is 4.57. The Labute approximate surface area is 149 Å². The minimum Gasteiger partial charge on any atom is -0.417 e. The van der Waals surface area contributed by atoms with E-state index >= 15 is 0 Å². The number of aliphatic hydroxyl groups excluding tert-OH is 1. The summed E-state index contributed by atoms with van der Waals surface area (Å²) in [6, 6.07) is 2.36. The summed E-state index contributed by atoms with van der Waals surface area (Å²) < 4.78 is 42.3. The van der Waals surface area contributed by atoms with Crippen LogP contribution in [0.4, 0.5) is 18.0 Å². The molecule has 0 radical (unpaired) electrons. The highest BCUT2D eigenvalue weighted by atomic mass is 19.3. The van der Waals surface area contributed by atoms with Crippen molar-refractivity contribution < 1.29 is 27.8 Å². The summed E-state index contributed by atoms with van der Waals surface area (Å²) in [5, 5.41) is 15.4. The lowest BCUT2D eigenvalue weighted by Gasteiger charge is -2.50. The van der Waals surface area contributed by atoms with Crippen LogP contribution in [-0.2, 0) is 6.54 Å². The van der Waals surface area contributed by atoms with Crippen molar-refractivity contribution in [2.24, 2.45) is 17.8 Å². The quantitative estimate of drug-likeness (QED) is 0.684. The van der Waals surface area contributed by atoms with Gasteiger partial charge in [0.15, 0.2) is 0 Å². The molecule has 0 aliphatic heterocycles. The summed E-state index contributed by atoms with van der Waals surface area (Å²) >= 11 is 0. The molecule has 3 aliphatic carbocycles. The molecule has 3 aliphatic rings. The van der Waals surface area contributed by atoms with E-state index < -0.39 is 24.9 Å². The Morgan fingerprint density at radius 3 is 2.77 bits per heavy atom. The molecule has 0 aromatic carbocycles. The van der Waals surface area contributed by atoms with Crippen LogP contribution in [0.1, 0.15) is 24.8 Å². The lowest BCUT2D eigenvalue weighted by molar-refractivity contribution is -0.0722. The molecule has 3 fully saturated rings. The number of fused-ring (bicyclic) bond motifs is 2. The zero-order valence-corrected chi connectivity index (χ0v) is 14.1. The molecule has 1 aromatic rings. The van der Waals surface area contributed by atoms with Gasteiger partial charge in [-0.3, -0.25) is 0 Å². The number of carbonyl (C=O) groups excluding carboxylic acids is 1. The number of hydrogen-bond acceptors (Lipinski definition) is 4. The number of alkyl halides is 3. The van der Waals surface area contributed by atoms with Gasteiger partial charge in [-0.25, -0.2) is 14.2 Å². The maximum atomic E-state index is 13.8. The predicted octanol–water partition coefficient (Wildman–Crippen LogP) is 2.23. The standard InChI is InChI=1S/C17H22F3N3O3/c18-13-6-12(10-4-11(13)5-10)14(24)8-23-17(25)22-7-9-1-2-21-15(3-9)26-16(19)20/h1-3,10-14,16,24H,4-8H2,(H2,22,23,25). The molecule has 3 atom stereocenters. The fourth-order valence-corrected chi connectivity index (χ4v) is 3.78. The molecule has 1 heterocycles. The number of ether oxygens (including phenoxy) is 1. The number of pyridine rings is 1. The SMILES string of the molecule is O=C(NCc1ccnc(OC(F)F)c1)NCC(O)C1CC(F)C2CC1C2. The Balaban J connectivity index is 1.40. The first-order valence-electron chi connectivity index (χ1n) is 8.66. The lowest BCUT2D eigenvalue weighted by Crippen LogP contribution is -2.51. The number of halogens is 3. The number of amides is 2. The van der Waals surface area contributed by atoms with Crippen LogP contribution in [0.15, 0.2) is 18.3 Å². The van der Waals surface area contributed by atoms with Crippen LogP contribution >= 0.6 is 0 Å². The average molecular weight is 373 g/mol. The van der Waals surface area contributed by atoms with Crippen molar-refractivity contribution in [3.8, 4) is 5.88 Å². The van der Waals surface area contributed by atoms with E-state index in [0.29, 0.717) is 17.9 Å². The molecule has 3 N–H and O–H groups in total. The highest BCUT2D eigenvalue weighted by molar-refractivity contribution is 5.73. The van der Waals surface area contributed by atoms with Crippen molar-refractivity contribution in [1.29, 1.82) is 0 Å². The summed E-state index contributed by atoms with van der Waals surface area (Å²) in [5.74, 6) is 0.146. The predicted molar refractivity (Wildman–Crippen MR) is 86.3 cm³/mol. The van der Waals surface area contributed by atoms with Crippen LogP contribution in [0, 0.1) is 17.8 Å². The number of nitrogens with zero attached hydrogens (tertiary/aromatic N) is 1. The van der Waals surface area contributed by atoms with Crippen molar-refractivity contribution >= 4 is 6.03 Å². The second-order valence-electron chi connectivity index (χ2n) is 6.92. The lowest BCUT2D eigenvalue weighted by atomic mass is 9.58. The molecule has 9 heteroatoms. The molecule has 3 unspecified atom stereocenters. The third-order valence-corrected chi connectivity index (χ3v) is 5.25. The molecule has 144 valence electrons. The van der Waals surface area contributed by atoms with Crippen LogP contribution in [0.5, 0.6) is 5.88 Å². The van der Waals surface area contributed by atoms with Crippen LogP contribution in [0.3, 0.4) is 0 Å². The monoisotopic (exact) mass is 373 g/mol. The van der Waals surface area contributed by atoms with Gasteiger partial charge < -0.3 is 20.5 Å². The van der Waals surface area contributed by atoms with Crippen molar-refractivity contribution in [2.75, 3.05) is 6.54 Å². The smallest absolute Gasteiger partial charge is 0.388 e. The topological polar surface area (TPSA) is 83.5 Å². The number of aliphatic hydroxyl groups is 1. The summed E-state index contributed by atoms with van der Waals surface area (Å²) in [4.78, 5) is 15.5. The van der Waals surface area contributed by atoms with Crippen molar-refractivity contribution in [2.45, 2.75) is 44.7 Å². The van der Waals surface area contributed by atoms with E-state index in [2.05, 4.69) is 20.4 Å². The first-order chi connectivity index (χ1) is 12.4. The van der Waals surface area contributed by atoms with Crippen molar-refractivity contribution in [1.82, 2.24) is 15.6 Å². The number of nitrogens with one attached hydrogen (secondary N) is 2. The Bertz CT molecular complexity index is 628.